The van der Waals surface area contributed by atoms with Gasteiger partial charge in [-0.2, -0.15) is 0 Å². The third kappa shape index (κ3) is 2.80. The molecular weight excluding hydrogens is 232 g/mol. The maximum atomic E-state index is 11.6. The zero-order chi connectivity index (χ0) is 13.3. The van der Waals surface area contributed by atoms with Crippen LogP contribution in [-0.2, 0) is 0 Å². The summed E-state index contributed by atoms with van der Waals surface area (Å²) in [5.41, 5.74) is 0.963. The number of carbonyl (C=O) groups excluding carboxylic acids is 1. The molecule has 0 spiro atoms. The molecule has 1 atom stereocenters. The second-order valence-electron chi connectivity index (χ2n) is 5.23. The molecule has 0 aliphatic heterocycles. The van der Waals surface area contributed by atoms with Gasteiger partial charge in [0.25, 0.3) is 0 Å². The van der Waals surface area contributed by atoms with Gasteiger partial charge in [-0.1, -0.05) is 13.8 Å². The van der Waals surface area contributed by atoms with Gasteiger partial charge in [0.1, 0.15) is 0 Å². The highest BCUT2D eigenvalue weighted by Gasteiger charge is 2.46. The molecule has 96 valence electrons. The summed E-state index contributed by atoms with van der Waals surface area (Å²) in [5, 5.41) is 14.3. The molecule has 0 saturated heterocycles. The Bertz CT molecular complexity index is 480. The Kier molecular flexibility index (Phi) is 2.98. The van der Waals surface area contributed by atoms with E-state index in [2.05, 4.69) is 24.5 Å². The van der Waals surface area contributed by atoms with Crippen molar-refractivity contribution >= 4 is 17.7 Å². The average Bonchev–Trinajstić information content (AvgIpc) is 2.86. The highest BCUT2D eigenvalue weighted by atomic mass is 16.4. The number of carbonyl (C=O) groups is 2. The van der Waals surface area contributed by atoms with Crippen LogP contribution in [0.4, 0.5) is 10.5 Å². The summed E-state index contributed by atoms with van der Waals surface area (Å²) < 4.78 is 0. The number of urea groups is 1. The van der Waals surface area contributed by atoms with E-state index in [1.165, 1.54) is 12.1 Å². The molecule has 1 fully saturated rings. The van der Waals surface area contributed by atoms with Crippen molar-refractivity contribution in [3.63, 3.8) is 0 Å². The van der Waals surface area contributed by atoms with E-state index in [0.717, 1.165) is 6.42 Å². The molecule has 0 radical (unpaired) electrons. The second-order valence-corrected chi connectivity index (χ2v) is 5.23. The van der Waals surface area contributed by atoms with Crippen LogP contribution in [-0.4, -0.2) is 23.1 Å². The summed E-state index contributed by atoms with van der Waals surface area (Å²) in [6, 6.07) is 6.02. The van der Waals surface area contributed by atoms with Crippen LogP contribution in [0.15, 0.2) is 24.3 Å². The van der Waals surface area contributed by atoms with Crippen molar-refractivity contribution in [1.29, 1.82) is 0 Å². The lowest BCUT2D eigenvalue weighted by molar-refractivity contribution is 0.0697. The lowest BCUT2D eigenvalue weighted by Gasteiger charge is -2.09. The van der Waals surface area contributed by atoms with E-state index in [4.69, 9.17) is 5.11 Å². The number of aromatic carboxylic acids is 1. The number of benzene rings is 1. The molecule has 5 nitrogen and oxygen atoms in total. The molecule has 1 unspecified atom stereocenters. The molecule has 1 aromatic carbocycles. The minimum atomic E-state index is -0.981. The van der Waals surface area contributed by atoms with Gasteiger partial charge in [-0.3, -0.25) is 0 Å². The fourth-order valence-electron chi connectivity index (χ4n) is 1.74. The lowest BCUT2D eigenvalue weighted by Crippen LogP contribution is -2.32. The van der Waals surface area contributed by atoms with Crippen molar-refractivity contribution in [3.05, 3.63) is 29.8 Å². The van der Waals surface area contributed by atoms with Crippen LogP contribution in [0.2, 0.25) is 0 Å². The Morgan fingerprint density at radius 1 is 1.28 bits per heavy atom. The molecule has 0 aromatic heterocycles. The van der Waals surface area contributed by atoms with Crippen molar-refractivity contribution in [2.75, 3.05) is 5.32 Å². The largest absolute Gasteiger partial charge is 0.478 e. The van der Waals surface area contributed by atoms with Crippen LogP contribution >= 0.6 is 0 Å². The van der Waals surface area contributed by atoms with Gasteiger partial charge in [-0.25, -0.2) is 9.59 Å². The minimum Gasteiger partial charge on any atom is -0.478 e. The summed E-state index contributed by atoms with van der Waals surface area (Å²) in [5.74, 6) is -0.981. The fraction of sp³-hybridized carbons (Fsp3) is 0.385. The zero-order valence-electron chi connectivity index (χ0n) is 10.4. The molecule has 18 heavy (non-hydrogen) atoms. The number of carboxylic acids is 1. The summed E-state index contributed by atoms with van der Waals surface area (Å²) in [7, 11) is 0. The van der Waals surface area contributed by atoms with Crippen molar-refractivity contribution in [2.24, 2.45) is 5.41 Å². The topological polar surface area (TPSA) is 78.4 Å². The van der Waals surface area contributed by atoms with Gasteiger partial charge in [0.05, 0.1) is 5.56 Å². The number of rotatable bonds is 3. The average molecular weight is 248 g/mol. The van der Waals surface area contributed by atoms with Gasteiger partial charge in [-0.05, 0) is 36.1 Å². The van der Waals surface area contributed by atoms with Crippen LogP contribution in [0.3, 0.4) is 0 Å². The first-order chi connectivity index (χ1) is 8.38. The van der Waals surface area contributed by atoms with Gasteiger partial charge >= 0.3 is 12.0 Å². The molecule has 2 amide bonds. The number of hydrogen-bond donors (Lipinski definition) is 3. The van der Waals surface area contributed by atoms with Gasteiger partial charge in [-0.15, -0.1) is 0 Å². The minimum absolute atomic E-state index is 0.185. The summed E-state index contributed by atoms with van der Waals surface area (Å²) in [6.45, 7) is 4.19. The first-order valence-electron chi connectivity index (χ1n) is 5.79. The van der Waals surface area contributed by atoms with E-state index in [1.807, 2.05) is 0 Å². The highest BCUT2D eigenvalue weighted by Crippen LogP contribution is 2.44. The predicted molar refractivity (Wildman–Crippen MR) is 67.7 cm³/mol. The summed E-state index contributed by atoms with van der Waals surface area (Å²) in [4.78, 5) is 22.3. The quantitative estimate of drug-likeness (QED) is 0.768. The van der Waals surface area contributed by atoms with Crippen molar-refractivity contribution in [1.82, 2.24) is 5.32 Å². The van der Waals surface area contributed by atoms with E-state index in [1.54, 1.807) is 12.1 Å². The van der Waals surface area contributed by atoms with Gasteiger partial charge in [0, 0.05) is 11.7 Å². The van der Waals surface area contributed by atoms with Crippen LogP contribution in [0.5, 0.6) is 0 Å². The third-order valence-corrected chi connectivity index (χ3v) is 3.21. The number of nitrogens with one attached hydrogen (secondary N) is 2. The van der Waals surface area contributed by atoms with Crippen LogP contribution < -0.4 is 10.6 Å². The van der Waals surface area contributed by atoms with E-state index in [-0.39, 0.29) is 23.1 Å². The SMILES string of the molecule is CC1(C)CC1NC(=O)Nc1ccc(C(=O)O)cc1. The fourth-order valence-corrected chi connectivity index (χ4v) is 1.74. The third-order valence-electron chi connectivity index (χ3n) is 3.21. The number of hydrogen-bond acceptors (Lipinski definition) is 2. The Balaban J connectivity index is 1.89. The molecule has 0 bridgehead atoms. The Labute approximate surface area is 105 Å². The Hall–Kier alpha value is -2.04. The van der Waals surface area contributed by atoms with Crippen molar-refractivity contribution < 1.29 is 14.7 Å². The molecule has 1 aliphatic carbocycles. The monoisotopic (exact) mass is 248 g/mol. The normalized spacial score (nSPS) is 20.0. The Morgan fingerprint density at radius 3 is 2.28 bits per heavy atom. The van der Waals surface area contributed by atoms with Crippen LogP contribution in [0, 0.1) is 5.41 Å². The molecule has 1 aliphatic rings. The standard InChI is InChI=1S/C13H16N2O3/c1-13(2)7-10(13)15-12(18)14-9-5-3-8(4-6-9)11(16)17/h3-6,10H,7H2,1-2H3,(H,16,17)(H2,14,15,18). The molecule has 1 saturated carbocycles. The summed E-state index contributed by atoms with van der Waals surface area (Å²) >= 11 is 0. The summed E-state index contributed by atoms with van der Waals surface area (Å²) in [6.07, 6.45) is 0.984. The number of carboxylic acid groups (broad SMARTS) is 1. The van der Waals surface area contributed by atoms with E-state index in [0.29, 0.717) is 5.69 Å². The number of amides is 2. The van der Waals surface area contributed by atoms with Gasteiger partial charge in [0.15, 0.2) is 0 Å². The maximum absolute atomic E-state index is 11.6. The molecule has 0 heterocycles. The van der Waals surface area contributed by atoms with Gasteiger partial charge < -0.3 is 15.7 Å². The van der Waals surface area contributed by atoms with Gasteiger partial charge in [0.2, 0.25) is 0 Å². The smallest absolute Gasteiger partial charge is 0.335 e. The van der Waals surface area contributed by atoms with Crippen molar-refractivity contribution in [2.45, 2.75) is 26.3 Å². The van der Waals surface area contributed by atoms with E-state index < -0.39 is 5.97 Å². The predicted octanol–water partition coefficient (Wildman–Crippen LogP) is 2.30. The molecule has 1 aromatic rings. The Morgan fingerprint density at radius 2 is 1.83 bits per heavy atom. The van der Waals surface area contributed by atoms with E-state index >= 15 is 0 Å². The zero-order valence-corrected chi connectivity index (χ0v) is 10.4. The van der Waals surface area contributed by atoms with Crippen LogP contribution in [0.25, 0.3) is 0 Å². The first kappa shape index (κ1) is 12.4. The van der Waals surface area contributed by atoms with Crippen LogP contribution in [0.1, 0.15) is 30.6 Å². The van der Waals surface area contributed by atoms with Crippen molar-refractivity contribution in [3.8, 4) is 0 Å². The maximum Gasteiger partial charge on any atom is 0.335 e. The molecule has 5 heteroatoms. The second kappa shape index (κ2) is 4.33. The number of anilines is 1. The van der Waals surface area contributed by atoms with E-state index in [9.17, 15) is 9.59 Å². The molecule has 2 rings (SSSR count). The molecular formula is C13H16N2O3. The first-order valence-corrected chi connectivity index (χ1v) is 5.79. The molecule has 3 N–H and O–H groups in total. The highest BCUT2D eigenvalue weighted by molar-refractivity contribution is 5.91. The lowest BCUT2D eigenvalue weighted by atomic mass is 10.2.